The molecule has 1 N–H and O–H groups in total. The minimum absolute atomic E-state index is 0.0514. The van der Waals surface area contributed by atoms with E-state index in [0.717, 1.165) is 62.1 Å². The zero-order chi connectivity index (χ0) is 25.4. The van der Waals surface area contributed by atoms with E-state index in [4.69, 9.17) is 9.84 Å². The quantitative estimate of drug-likeness (QED) is 0.440. The molecule has 7 heteroatoms. The second-order valence-electron chi connectivity index (χ2n) is 10.6. The summed E-state index contributed by atoms with van der Waals surface area (Å²) in [5.41, 5.74) is 1.52. The molecule has 1 heterocycles. The van der Waals surface area contributed by atoms with Gasteiger partial charge in [-0.15, -0.1) is 0 Å². The summed E-state index contributed by atoms with van der Waals surface area (Å²) >= 11 is 0. The molecule has 1 aromatic heterocycles. The Labute approximate surface area is 210 Å². The Bertz CT molecular complexity index is 969. The molecule has 3 rings (SSSR count). The number of nitrogens with zero attached hydrogens (tertiary/aromatic N) is 3. The van der Waals surface area contributed by atoms with Crippen LogP contribution in [0.4, 0.5) is 5.82 Å². The number of ether oxygens (including phenoxy) is 1. The molecule has 1 aromatic carbocycles. The summed E-state index contributed by atoms with van der Waals surface area (Å²) in [6.07, 6.45) is 8.31. The number of methoxy groups -OCH3 is 1. The minimum atomic E-state index is -0.194. The van der Waals surface area contributed by atoms with Gasteiger partial charge in [-0.05, 0) is 43.5 Å². The van der Waals surface area contributed by atoms with Crippen LogP contribution in [0.15, 0.2) is 30.3 Å². The monoisotopic (exact) mass is 482 g/mol. The number of nitrogens with one attached hydrogen (secondary N) is 1. The van der Waals surface area contributed by atoms with Crippen molar-refractivity contribution in [2.45, 2.75) is 84.5 Å². The number of benzene rings is 1. The predicted octanol–water partition coefficient (Wildman–Crippen LogP) is 5.72. The lowest BCUT2D eigenvalue weighted by Crippen LogP contribution is -2.42. The van der Waals surface area contributed by atoms with Gasteiger partial charge in [-0.25, -0.2) is 4.68 Å². The highest BCUT2D eigenvalue weighted by molar-refractivity contribution is 5.94. The minimum Gasteiger partial charge on any atom is -0.497 e. The zero-order valence-corrected chi connectivity index (χ0v) is 22.1. The summed E-state index contributed by atoms with van der Waals surface area (Å²) in [5, 5.41) is 7.83. The van der Waals surface area contributed by atoms with E-state index in [2.05, 4.69) is 33.0 Å². The molecule has 0 aliphatic heterocycles. The van der Waals surface area contributed by atoms with Gasteiger partial charge in [0.1, 0.15) is 11.6 Å². The third-order valence-electron chi connectivity index (χ3n) is 6.69. The largest absolute Gasteiger partial charge is 0.497 e. The molecule has 0 bridgehead atoms. The Morgan fingerprint density at radius 1 is 1.11 bits per heavy atom. The van der Waals surface area contributed by atoms with Crippen LogP contribution in [0, 0.1) is 5.92 Å². The standard InChI is InChI=1S/C28H42N4O3/c1-6-7-11-18-31(27(34)21-12-9-8-10-13-21)20-26(33)29-25-19-24(28(2,3)4)30-32(25)22-14-16-23(35-5)17-15-22/h14-17,19,21H,6-13,18,20H2,1-5H3,(H,29,33). The highest BCUT2D eigenvalue weighted by atomic mass is 16.5. The summed E-state index contributed by atoms with van der Waals surface area (Å²) in [6, 6.07) is 9.50. The van der Waals surface area contributed by atoms with E-state index in [-0.39, 0.29) is 29.7 Å². The number of aromatic nitrogens is 2. The molecule has 1 aliphatic carbocycles. The van der Waals surface area contributed by atoms with E-state index in [1.165, 1.54) is 6.42 Å². The van der Waals surface area contributed by atoms with Crippen LogP contribution in [-0.4, -0.2) is 46.7 Å². The molecule has 0 spiro atoms. The fourth-order valence-electron chi connectivity index (χ4n) is 4.54. The summed E-state index contributed by atoms with van der Waals surface area (Å²) < 4.78 is 7.03. The van der Waals surface area contributed by atoms with Gasteiger partial charge in [0.25, 0.3) is 0 Å². The van der Waals surface area contributed by atoms with Crippen molar-refractivity contribution in [2.24, 2.45) is 5.92 Å². The van der Waals surface area contributed by atoms with Gasteiger partial charge in [-0.1, -0.05) is 59.8 Å². The predicted molar refractivity (Wildman–Crippen MR) is 140 cm³/mol. The molecular weight excluding hydrogens is 440 g/mol. The van der Waals surface area contributed by atoms with Gasteiger partial charge >= 0.3 is 0 Å². The smallest absolute Gasteiger partial charge is 0.245 e. The van der Waals surface area contributed by atoms with Crippen LogP contribution in [0.25, 0.3) is 5.69 Å². The lowest BCUT2D eigenvalue weighted by Gasteiger charge is -2.29. The highest BCUT2D eigenvalue weighted by Crippen LogP contribution is 2.28. The topological polar surface area (TPSA) is 76.5 Å². The van der Waals surface area contributed by atoms with Crippen molar-refractivity contribution in [1.82, 2.24) is 14.7 Å². The van der Waals surface area contributed by atoms with Gasteiger partial charge in [0.05, 0.1) is 25.0 Å². The first-order valence-electron chi connectivity index (χ1n) is 13.1. The fraction of sp³-hybridized carbons (Fsp3) is 0.607. The van der Waals surface area contributed by atoms with Gasteiger partial charge < -0.3 is 15.0 Å². The van der Waals surface area contributed by atoms with Crippen molar-refractivity contribution in [1.29, 1.82) is 0 Å². The van der Waals surface area contributed by atoms with Crippen LogP contribution in [0.1, 0.15) is 84.8 Å². The van der Waals surface area contributed by atoms with Crippen LogP contribution in [0.5, 0.6) is 5.75 Å². The van der Waals surface area contributed by atoms with Crippen LogP contribution in [-0.2, 0) is 15.0 Å². The maximum absolute atomic E-state index is 13.3. The first-order chi connectivity index (χ1) is 16.7. The highest BCUT2D eigenvalue weighted by Gasteiger charge is 2.28. The fourth-order valence-corrected chi connectivity index (χ4v) is 4.54. The van der Waals surface area contributed by atoms with Gasteiger partial charge in [-0.3, -0.25) is 9.59 Å². The Morgan fingerprint density at radius 3 is 2.40 bits per heavy atom. The lowest BCUT2D eigenvalue weighted by molar-refractivity contribution is -0.139. The summed E-state index contributed by atoms with van der Waals surface area (Å²) in [7, 11) is 1.63. The molecule has 0 saturated heterocycles. The van der Waals surface area contributed by atoms with Gasteiger partial charge in [0, 0.05) is 23.9 Å². The molecule has 7 nitrogen and oxygen atoms in total. The van der Waals surface area contributed by atoms with Crippen LogP contribution in [0.3, 0.4) is 0 Å². The van der Waals surface area contributed by atoms with Gasteiger partial charge in [0.15, 0.2) is 0 Å². The first kappa shape index (κ1) is 26.8. The van der Waals surface area contributed by atoms with Crippen molar-refractivity contribution in [3.63, 3.8) is 0 Å². The molecule has 0 atom stereocenters. The Balaban J connectivity index is 1.80. The van der Waals surface area contributed by atoms with E-state index in [0.29, 0.717) is 12.4 Å². The third kappa shape index (κ3) is 7.33. The number of anilines is 1. The molecule has 1 fully saturated rings. The summed E-state index contributed by atoms with van der Waals surface area (Å²) in [5.74, 6) is 1.35. The zero-order valence-electron chi connectivity index (χ0n) is 22.1. The van der Waals surface area contributed by atoms with Gasteiger partial charge in [-0.2, -0.15) is 5.10 Å². The Hall–Kier alpha value is -2.83. The molecule has 0 unspecified atom stereocenters. The van der Waals surface area contributed by atoms with Crippen LogP contribution < -0.4 is 10.1 Å². The molecule has 1 saturated carbocycles. The molecular formula is C28H42N4O3. The Kier molecular flexibility index (Phi) is 9.35. The van der Waals surface area contributed by atoms with E-state index < -0.39 is 0 Å². The first-order valence-corrected chi connectivity index (χ1v) is 13.1. The van der Waals surface area contributed by atoms with Crippen LogP contribution >= 0.6 is 0 Å². The number of unbranched alkanes of at least 4 members (excludes halogenated alkanes) is 2. The van der Waals surface area contributed by atoms with Crippen LogP contribution in [0.2, 0.25) is 0 Å². The summed E-state index contributed by atoms with van der Waals surface area (Å²) in [6.45, 7) is 9.12. The number of rotatable bonds is 10. The Morgan fingerprint density at radius 2 is 1.80 bits per heavy atom. The van der Waals surface area contributed by atoms with E-state index in [1.54, 1.807) is 16.7 Å². The lowest BCUT2D eigenvalue weighted by atomic mass is 9.88. The molecule has 35 heavy (non-hydrogen) atoms. The molecule has 0 radical (unpaired) electrons. The number of carbonyl (C=O) groups excluding carboxylic acids is 2. The van der Waals surface area contributed by atoms with Crippen molar-refractivity contribution in [2.75, 3.05) is 25.5 Å². The van der Waals surface area contributed by atoms with Crippen molar-refractivity contribution >= 4 is 17.6 Å². The van der Waals surface area contributed by atoms with E-state index in [1.807, 2.05) is 30.3 Å². The van der Waals surface area contributed by atoms with Crippen molar-refractivity contribution in [3.05, 3.63) is 36.0 Å². The maximum Gasteiger partial charge on any atom is 0.245 e. The molecule has 1 aliphatic rings. The number of carbonyl (C=O) groups is 2. The van der Waals surface area contributed by atoms with Gasteiger partial charge in [0.2, 0.25) is 11.8 Å². The normalized spacial score (nSPS) is 14.5. The number of amides is 2. The second-order valence-corrected chi connectivity index (χ2v) is 10.6. The number of hydrogen-bond acceptors (Lipinski definition) is 4. The second kappa shape index (κ2) is 12.2. The van der Waals surface area contributed by atoms with E-state index >= 15 is 0 Å². The van der Waals surface area contributed by atoms with Crippen molar-refractivity contribution in [3.8, 4) is 11.4 Å². The van der Waals surface area contributed by atoms with Crippen molar-refractivity contribution < 1.29 is 14.3 Å². The maximum atomic E-state index is 13.3. The average Bonchev–Trinajstić information content (AvgIpc) is 3.28. The third-order valence-corrected chi connectivity index (χ3v) is 6.69. The SMILES string of the molecule is CCCCCN(CC(=O)Nc1cc(C(C)(C)C)nn1-c1ccc(OC)cc1)C(=O)C1CCCCC1. The average molecular weight is 483 g/mol. The van der Waals surface area contributed by atoms with E-state index in [9.17, 15) is 9.59 Å². The number of hydrogen-bond donors (Lipinski definition) is 1. The molecule has 2 aromatic rings. The molecule has 192 valence electrons. The molecule has 2 amide bonds. The summed E-state index contributed by atoms with van der Waals surface area (Å²) in [4.78, 5) is 28.3.